The number of methoxy groups -OCH3 is 1. The average Bonchev–Trinajstić information content (AvgIpc) is 2.73. The van der Waals surface area contributed by atoms with Crippen LogP contribution in [0.3, 0.4) is 0 Å². The fraction of sp³-hybridized carbons (Fsp3) is 0.190. The Morgan fingerprint density at radius 1 is 1.04 bits per heavy atom. The predicted octanol–water partition coefficient (Wildman–Crippen LogP) is 3.89. The molecule has 0 radical (unpaired) electrons. The summed E-state index contributed by atoms with van der Waals surface area (Å²) in [6.07, 6.45) is 3.08. The Balaban J connectivity index is 1.71. The molecule has 0 aliphatic rings. The van der Waals surface area contributed by atoms with Crippen molar-refractivity contribution in [3.05, 3.63) is 78.1 Å². The predicted molar refractivity (Wildman–Crippen MR) is 105 cm³/mol. The van der Waals surface area contributed by atoms with Gasteiger partial charge in [0.15, 0.2) is 0 Å². The Hall–Kier alpha value is -3.41. The summed E-state index contributed by atoms with van der Waals surface area (Å²) in [5.74, 6) is 1.01. The largest absolute Gasteiger partial charge is 0.495 e. The first-order valence-electron chi connectivity index (χ1n) is 8.76. The Bertz CT molecular complexity index is 882. The number of carbonyl (C=O) groups excluding carboxylic acids is 1. The van der Waals surface area contributed by atoms with Crippen molar-refractivity contribution in [1.82, 2.24) is 14.9 Å². The maximum Gasteiger partial charge on any atom is 0.257 e. The molecule has 6 heteroatoms. The molecule has 2 aromatic carbocycles. The van der Waals surface area contributed by atoms with Crippen LogP contribution in [0.1, 0.15) is 22.8 Å². The SMILES string of the molecule is CCN(Cc1ccccc1)C(=O)c1cnc(Nc2ccccc2OC)nc1. The molecule has 6 nitrogen and oxygen atoms in total. The number of benzene rings is 2. The Morgan fingerprint density at radius 3 is 2.37 bits per heavy atom. The molecule has 1 N–H and O–H groups in total. The fourth-order valence-corrected chi connectivity index (χ4v) is 2.68. The van der Waals surface area contributed by atoms with Crippen LogP contribution in [0.4, 0.5) is 11.6 Å². The maximum absolute atomic E-state index is 12.8. The number of nitrogens with zero attached hydrogens (tertiary/aromatic N) is 3. The molecule has 0 saturated carbocycles. The summed E-state index contributed by atoms with van der Waals surface area (Å²) in [7, 11) is 1.61. The third kappa shape index (κ3) is 4.61. The van der Waals surface area contributed by atoms with Gasteiger partial charge in [0.2, 0.25) is 5.95 Å². The topological polar surface area (TPSA) is 67.4 Å². The second-order valence-electron chi connectivity index (χ2n) is 5.93. The number of para-hydroxylation sites is 2. The molecule has 3 aromatic rings. The van der Waals surface area contributed by atoms with Gasteiger partial charge in [-0.25, -0.2) is 9.97 Å². The smallest absolute Gasteiger partial charge is 0.257 e. The van der Waals surface area contributed by atoms with Gasteiger partial charge in [-0.05, 0) is 24.6 Å². The number of aromatic nitrogens is 2. The first-order valence-corrected chi connectivity index (χ1v) is 8.76. The quantitative estimate of drug-likeness (QED) is 0.691. The zero-order valence-electron chi connectivity index (χ0n) is 15.4. The number of carbonyl (C=O) groups is 1. The van der Waals surface area contributed by atoms with Crippen LogP contribution in [0.15, 0.2) is 67.0 Å². The number of amides is 1. The molecule has 0 aliphatic heterocycles. The molecule has 0 atom stereocenters. The molecule has 0 bridgehead atoms. The van der Waals surface area contributed by atoms with Crippen LogP contribution in [0.2, 0.25) is 0 Å². The van der Waals surface area contributed by atoms with E-state index in [1.54, 1.807) is 24.4 Å². The number of rotatable bonds is 7. The van der Waals surface area contributed by atoms with Gasteiger partial charge in [-0.2, -0.15) is 0 Å². The minimum absolute atomic E-state index is 0.0924. The molecule has 138 valence electrons. The maximum atomic E-state index is 12.8. The van der Waals surface area contributed by atoms with E-state index >= 15 is 0 Å². The Kier molecular flexibility index (Phi) is 5.99. The van der Waals surface area contributed by atoms with E-state index in [1.165, 1.54) is 0 Å². The number of ether oxygens (including phenoxy) is 1. The van der Waals surface area contributed by atoms with Gasteiger partial charge in [0.05, 0.1) is 18.4 Å². The molecule has 0 unspecified atom stereocenters. The van der Waals surface area contributed by atoms with Crippen molar-refractivity contribution in [2.24, 2.45) is 0 Å². The summed E-state index contributed by atoms with van der Waals surface area (Å²) in [5, 5.41) is 3.10. The van der Waals surface area contributed by atoms with Crippen LogP contribution in [-0.2, 0) is 6.54 Å². The molecule has 1 amide bonds. The van der Waals surface area contributed by atoms with Crippen molar-refractivity contribution in [1.29, 1.82) is 0 Å². The first kappa shape index (κ1) is 18.4. The van der Waals surface area contributed by atoms with Crippen LogP contribution in [0.5, 0.6) is 5.75 Å². The van der Waals surface area contributed by atoms with Crippen LogP contribution < -0.4 is 10.1 Å². The normalized spacial score (nSPS) is 10.3. The second-order valence-corrected chi connectivity index (χ2v) is 5.93. The molecule has 1 aromatic heterocycles. The lowest BCUT2D eigenvalue weighted by Gasteiger charge is -2.21. The van der Waals surface area contributed by atoms with Crippen molar-refractivity contribution in [2.75, 3.05) is 19.0 Å². The van der Waals surface area contributed by atoms with Crippen molar-refractivity contribution in [2.45, 2.75) is 13.5 Å². The van der Waals surface area contributed by atoms with Gasteiger partial charge < -0.3 is 15.0 Å². The number of anilines is 2. The molecule has 0 saturated heterocycles. The summed E-state index contributed by atoms with van der Waals surface area (Å²) in [6, 6.07) is 17.4. The lowest BCUT2D eigenvalue weighted by Crippen LogP contribution is -2.30. The van der Waals surface area contributed by atoms with Crippen LogP contribution in [-0.4, -0.2) is 34.4 Å². The number of nitrogens with one attached hydrogen (secondary N) is 1. The van der Waals surface area contributed by atoms with E-state index in [9.17, 15) is 4.79 Å². The zero-order valence-corrected chi connectivity index (χ0v) is 15.4. The fourth-order valence-electron chi connectivity index (χ4n) is 2.68. The molecule has 3 rings (SSSR count). The van der Waals surface area contributed by atoms with E-state index in [2.05, 4.69) is 15.3 Å². The van der Waals surface area contributed by atoms with Gasteiger partial charge in [-0.3, -0.25) is 4.79 Å². The molecule has 0 fully saturated rings. The van der Waals surface area contributed by atoms with Gasteiger partial charge in [-0.1, -0.05) is 42.5 Å². The lowest BCUT2D eigenvalue weighted by molar-refractivity contribution is 0.0752. The van der Waals surface area contributed by atoms with E-state index in [1.807, 2.05) is 61.5 Å². The molecular weight excluding hydrogens is 340 g/mol. The van der Waals surface area contributed by atoms with Gasteiger partial charge in [0.25, 0.3) is 5.91 Å². The van der Waals surface area contributed by atoms with Gasteiger partial charge >= 0.3 is 0 Å². The van der Waals surface area contributed by atoms with E-state index in [-0.39, 0.29) is 5.91 Å². The van der Waals surface area contributed by atoms with Gasteiger partial charge in [-0.15, -0.1) is 0 Å². The van der Waals surface area contributed by atoms with Gasteiger partial charge in [0.1, 0.15) is 5.75 Å². The minimum Gasteiger partial charge on any atom is -0.495 e. The standard InChI is InChI=1S/C21H22N4O2/c1-3-25(15-16-9-5-4-6-10-16)20(26)17-13-22-21(23-14-17)24-18-11-7-8-12-19(18)27-2/h4-14H,3,15H2,1-2H3,(H,22,23,24). The van der Waals surface area contributed by atoms with Crippen LogP contribution in [0, 0.1) is 0 Å². The average molecular weight is 362 g/mol. The monoisotopic (exact) mass is 362 g/mol. The molecule has 0 spiro atoms. The highest BCUT2D eigenvalue weighted by Crippen LogP contribution is 2.25. The Morgan fingerprint density at radius 2 is 1.70 bits per heavy atom. The third-order valence-corrected chi connectivity index (χ3v) is 4.14. The third-order valence-electron chi connectivity index (χ3n) is 4.14. The van der Waals surface area contributed by atoms with E-state index < -0.39 is 0 Å². The Labute approximate surface area is 158 Å². The highest BCUT2D eigenvalue weighted by molar-refractivity contribution is 5.93. The molecule has 27 heavy (non-hydrogen) atoms. The van der Waals surface area contributed by atoms with Crippen LogP contribution in [0.25, 0.3) is 0 Å². The summed E-state index contributed by atoms with van der Waals surface area (Å²) in [4.78, 5) is 23.1. The van der Waals surface area contributed by atoms with Crippen molar-refractivity contribution >= 4 is 17.5 Å². The molecule has 1 heterocycles. The highest BCUT2D eigenvalue weighted by Gasteiger charge is 2.16. The molecular formula is C21H22N4O2. The van der Waals surface area contributed by atoms with Crippen molar-refractivity contribution in [3.8, 4) is 5.75 Å². The van der Waals surface area contributed by atoms with Crippen LogP contribution >= 0.6 is 0 Å². The summed E-state index contributed by atoms with van der Waals surface area (Å²) in [6.45, 7) is 3.12. The number of hydrogen-bond acceptors (Lipinski definition) is 5. The van der Waals surface area contributed by atoms with Crippen molar-refractivity contribution < 1.29 is 9.53 Å². The molecule has 0 aliphatic carbocycles. The lowest BCUT2D eigenvalue weighted by atomic mass is 10.2. The van der Waals surface area contributed by atoms with E-state index in [0.29, 0.717) is 30.4 Å². The zero-order chi connectivity index (χ0) is 19.1. The van der Waals surface area contributed by atoms with Crippen molar-refractivity contribution in [3.63, 3.8) is 0 Å². The summed E-state index contributed by atoms with van der Waals surface area (Å²) in [5.41, 5.74) is 2.31. The van der Waals surface area contributed by atoms with E-state index in [0.717, 1.165) is 11.3 Å². The van der Waals surface area contributed by atoms with Gasteiger partial charge in [0, 0.05) is 25.5 Å². The second kappa shape index (κ2) is 8.80. The summed E-state index contributed by atoms with van der Waals surface area (Å²) < 4.78 is 5.30. The highest BCUT2D eigenvalue weighted by atomic mass is 16.5. The number of hydrogen-bond donors (Lipinski definition) is 1. The van der Waals surface area contributed by atoms with E-state index in [4.69, 9.17) is 4.74 Å². The minimum atomic E-state index is -0.0924. The summed E-state index contributed by atoms with van der Waals surface area (Å²) >= 11 is 0. The first-order chi connectivity index (χ1) is 13.2.